The minimum Gasteiger partial charge on any atom is -0.398 e. The van der Waals surface area contributed by atoms with Gasteiger partial charge in [0.2, 0.25) is 0 Å². The first-order valence-corrected chi connectivity index (χ1v) is 20.3. The Balaban J connectivity index is 0.000000251. The van der Waals surface area contributed by atoms with Gasteiger partial charge in [0.1, 0.15) is 5.76 Å². The van der Waals surface area contributed by atoms with Crippen molar-refractivity contribution < 1.29 is 35.7 Å². The number of carbonyl (C=O) groups is 3. The molecule has 0 spiro atoms. The Morgan fingerprint density at radius 3 is 2.02 bits per heavy atom. The number of sulfonamides is 2. The van der Waals surface area contributed by atoms with Crippen molar-refractivity contribution in [3.63, 3.8) is 0 Å². The van der Waals surface area contributed by atoms with E-state index in [9.17, 15) is 31.2 Å². The van der Waals surface area contributed by atoms with E-state index in [1.165, 1.54) is 30.7 Å². The second-order valence-electron chi connectivity index (χ2n) is 12.9. The topological polar surface area (TPSA) is 235 Å². The maximum absolute atomic E-state index is 12.5. The number of anilines is 1. The van der Waals surface area contributed by atoms with Crippen LogP contribution in [0.2, 0.25) is 0 Å². The van der Waals surface area contributed by atoms with Crippen LogP contribution in [0.15, 0.2) is 62.8 Å². The van der Waals surface area contributed by atoms with E-state index in [0.717, 1.165) is 62.5 Å². The third-order valence-electron chi connectivity index (χ3n) is 8.61. The molecule has 5 rings (SSSR count). The van der Waals surface area contributed by atoms with Gasteiger partial charge < -0.3 is 20.9 Å². The number of nitrogens with zero attached hydrogens (tertiary/aromatic N) is 2. The second-order valence-corrected chi connectivity index (χ2v) is 16.2. The number of aryl methyl sites for hydroxylation is 2. The Morgan fingerprint density at radius 2 is 1.40 bits per heavy atom. The normalized spacial score (nSPS) is 15.7. The zero-order chi connectivity index (χ0) is 37.7. The monoisotopic (exact) mass is 760 g/mol. The lowest BCUT2D eigenvalue weighted by Gasteiger charge is -2.22. The third-order valence-corrected chi connectivity index (χ3v) is 11.3. The highest BCUT2D eigenvalue weighted by Crippen LogP contribution is 2.19. The summed E-state index contributed by atoms with van der Waals surface area (Å²) in [6.45, 7) is 5.25. The number of nitrogens with two attached hydrogens (primary N) is 1. The zero-order valence-corrected chi connectivity index (χ0v) is 31.1. The van der Waals surface area contributed by atoms with Gasteiger partial charge in [0.05, 0.1) is 9.79 Å². The number of nitrogens with one attached hydrogen (secondary N) is 5. The number of hydrogen-bond acceptors (Lipinski definition) is 11. The fourth-order valence-electron chi connectivity index (χ4n) is 5.68. The van der Waals surface area contributed by atoms with Crippen molar-refractivity contribution in [2.24, 2.45) is 0 Å². The van der Waals surface area contributed by atoms with Crippen LogP contribution in [0.5, 0.6) is 0 Å². The fraction of sp³-hybridized carbons (Fsp3) is 0.471. The van der Waals surface area contributed by atoms with Gasteiger partial charge >= 0.3 is 12.1 Å². The van der Waals surface area contributed by atoms with Crippen molar-refractivity contribution in [2.45, 2.75) is 93.9 Å². The molecule has 7 N–H and O–H groups in total. The van der Waals surface area contributed by atoms with Gasteiger partial charge in [-0.05, 0) is 81.3 Å². The van der Waals surface area contributed by atoms with Crippen molar-refractivity contribution in [3.05, 3.63) is 71.1 Å². The first-order chi connectivity index (χ1) is 24.7. The fourth-order valence-corrected chi connectivity index (χ4v) is 7.53. The summed E-state index contributed by atoms with van der Waals surface area (Å²) < 4.78 is 58.1. The van der Waals surface area contributed by atoms with Crippen molar-refractivity contribution in [1.82, 2.24) is 35.7 Å². The van der Waals surface area contributed by atoms with Crippen molar-refractivity contribution >= 4 is 43.7 Å². The quantitative estimate of drug-likeness (QED) is 0.163. The maximum Gasteiger partial charge on any atom is 0.343 e. The van der Waals surface area contributed by atoms with E-state index in [-0.39, 0.29) is 27.4 Å². The van der Waals surface area contributed by atoms with Crippen LogP contribution in [0, 0.1) is 13.8 Å². The van der Waals surface area contributed by atoms with Gasteiger partial charge in [-0.15, -0.1) is 0 Å². The molecule has 2 aliphatic rings. The molecule has 0 bridgehead atoms. The van der Waals surface area contributed by atoms with Crippen LogP contribution in [0.3, 0.4) is 0 Å². The van der Waals surface area contributed by atoms with E-state index in [2.05, 4.69) is 21.2 Å². The van der Waals surface area contributed by atoms with E-state index in [4.69, 9.17) is 10.3 Å². The van der Waals surface area contributed by atoms with E-state index in [1.54, 1.807) is 43.1 Å². The van der Waals surface area contributed by atoms with Gasteiger partial charge in [0, 0.05) is 37.4 Å². The lowest BCUT2D eigenvalue weighted by molar-refractivity contribution is 0.0945. The van der Waals surface area contributed by atoms with Crippen LogP contribution < -0.4 is 31.2 Å². The lowest BCUT2D eigenvalue weighted by Crippen LogP contribution is -2.49. The van der Waals surface area contributed by atoms with Crippen molar-refractivity contribution in [2.75, 3.05) is 25.4 Å². The van der Waals surface area contributed by atoms with Gasteiger partial charge in [-0.1, -0.05) is 55.5 Å². The van der Waals surface area contributed by atoms with Crippen molar-refractivity contribution in [3.8, 4) is 0 Å². The molecular formula is C34H48N8O8S2. The first-order valence-electron chi connectivity index (χ1n) is 17.3. The minimum atomic E-state index is -3.98. The predicted molar refractivity (Wildman–Crippen MR) is 194 cm³/mol. The number of aromatic nitrogens is 1. The molecule has 2 aromatic carbocycles. The van der Waals surface area contributed by atoms with Gasteiger partial charge in [-0.3, -0.25) is 10.2 Å². The highest BCUT2D eigenvalue weighted by Gasteiger charge is 2.22. The number of hydrogen-bond donors (Lipinski definition) is 6. The highest BCUT2D eigenvalue weighted by molar-refractivity contribution is 7.90. The number of amides is 5. The molecule has 1 saturated carbocycles. The minimum absolute atomic E-state index is 0.00982. The zero-order valence-electron chi connectivity index (χ0n) is 29.4. The largest absolute Gasteiger partial charge is 0.398 e. The van der Waals surface area contributed by atoms with Crippen molar-refractivity contribution in [1.29, 1.82) is 0 Å². The molecule has 1 saturated heterocycles. The molecule has 1 aliphatic carbocycles. The second kappa shape index (κ2) is 18.7. The van der Waals surface area contributed by atoms with Gasteiger partial charge in [-0.2, -0.15) is 0 Å². The smallest absolute Gasteiger partial charge is 0.343 e. The summed E-state index contributed by atoms with van der Waals surface area (Å²) in [6, 6.07) is 10.7. The number of benzene rings is 2. The third kappa shape index (κ3) is 12.5. The molecule has 0 atom stereocenters. The Bertz CT molecular complexity index is 1890. The Hall–Kier alpha value is -4.68. The predicted octanol–water partition coefficient (Wildman–Crippen LogP) is 3.63. The summed E-state index contributed by atoms with van der Waals surface area (Å²) in [6.07, 6.45) is 9.73. The molecule has 16 nitrogen and oxygen atoms in total. The molecule has 2 fully saturated rings. The molecule has 0 unspecified atom stereocenters. The van der Waals surface area contributed by atoms with E-state index < -0.39 is 32.1 Å². The van der Waals surface area contributed by atoms with Crippen LogP contribution in [0.25, 0.3) is 0 Å². The average molecular weight is 761 g/mol. The number of rotatable bonds is 10. The van der Waals surface area contributed by atoms with Crippen LogP contribution in [0.1, 0.15) is 85.2 Å². The van der Waals surface area contributed by atoms with E-state index in [0.29, 0.717) is 37.5 Å². The number of hydrazine groups is 1. The maximum atomic E-state index is 12.5. The molecular weight excluding hydrogens is 713 g/mol. The molecule has 5 amide bonds. The van der Waals surface area contributed by atoms with Gasteiger partial charge in [0.25, 0.3) is 26.0 Å². The summed E-state index contributed by atoms with van der Waals surface area (Å²) >= 11 is 0. The molecule has 18 heteroatoms. The molecule has 52 heavy (non-hydrogen) atoms. The Kier molecular flexibility index (Phi) is 14.4. The summed E-state index contributed by atoms with van der Waals surface area (Å²) in [7, 11) is -7.87. The van der Waals surface area contributed by atoms with E-state index >= 15 is 0 Å². The van der Waals surface area contributed by atoms with Gasteiger partial charge in [-0.25, -0.2) is 40.9 Å². The lowest BCUT2D eigenvalue weighted by atomic mass is 9.96. The first kappa shape index (κ1) is 40.1. The average Bonchev–Trinajstić information content (AvgIpc) is 3.37. The molecule has 1 aliphatic heterocycles. The van der Waals surface area contributed by atoms with Crippen LogP contribution >= 0.6 is 0 Å². The molecule has 284 valence electrons. The molecule has 0 radical (unpaired) electrons. The van der Waals surface area contributed by atoms with Crippen LogP contribution in [-0.4, -0.2) is 70.6 Å². The van der Waals surface area contributed by atoms with Gasteiger partial charge in [0.15, 0.2) is 5.69 Å². The number of carbonyl (C=O) groups excluding carboxylic acids is 3. The molecule has 3 aromatic rings. The summed E-state index contributed by atoms with van der Waals surface area (Å²) in [5.74, 6) is 0.214. The summed E-state index contributed by atoms with van der Waals surface area (Å²) in [4.78, 5) is 35.8. The number of nitrogen functional groups attached to an aromatic ring is 1. The summed E-state index contributed by atoms with van der Waals surface area (Å²) in [5, 5.41) is 10.8. The van der Waals surface area contributed by atoms with E-state index in [1.807, 2.05) is 9.44 Å². The summed E-state index contributed by atoms with van der Waals surface area (Å²) in [5.41, 5.74) is 10.5. The van der Waals surface area contributed by atoms with Crippen LogP contribution in [-0.2, 0) is 26.5 Å². The molecule has 2 heterocycles. The Morgan fingerprint density at radius 1 is 0.808 bits per heavy atom. The molecule has 1 aromatic heterocycles. The van der Waals surface area contributed by atoms with Crippen LogP contribution in [0.4, 0.5) is 15.3 Å². The Labute approximate surface area is 304 Å². The SMILES string of the molecule is Cc1cc(C(=O)NCCc2ccc(S(=O)(=O)NC(=O)NN3CCCCCC3)cc2)no1.Cc1ccc(S(=O)(=O)NC(=O)NC2CCCCC2)cc1N. The highest BCUT2D eigenvalue weighted by atomic mass is 32.2. The number of urea groups is 2. The standard InChI is InChI=1S/C20H27N5O5S.C14H21N3O3S/c1-15-14-18(23-30-15)19(26)21-11-10-16-6-8-17(9-7-16)31(28,29)24-20(27)22-25-12-4-2-3-5-13-25;1-10-7-8-12(9-13(10)15)21(19,20)17-14(18)16-11-5-3-2-4-6-11/h6-9,14H,2-5,10-13H2,1H3,(H,21,26)(H2,22,24,27);7-9,11H,2-6,15H2,1H3,(H2,16,17,18).